The zero-order valence-corrected chi connectivity index (χ0v) is 28.3. The maximum atomic E-state index is 7.77. The van der Waals surface area contributed by atoms with E-state index in [-0.39, 0.29) is 0 Å². The van der Waals surface area contributed by atoms with Gasteiger partial charge in [-0.05, 0) is 118 Å². The number of benzene rings is 3. The van der Waals surface area contributed by atoms with Gasteiger partial charge in [-0.3, -0.25) is 0 Å². The third kappa shape index (κ3) is 6.67. The molecular weight excluding hydrogens is 597 g/mol. The fourth-order valence-corrected chi connectivity index (χ4v) is 6.50. The Hall–Kier alpha value is -6.13. The van der Waals surface area contributed by atoms with Crippen LogP contribution in [0.5, 0.6) is 0 Å². The molecule has 0 saturated heterocycles. The van der Waals surface area contributed by atoms with Crippen molar-refractivity contribution in [2.75, 3.05) is 13.1 Å². The van der Waals surface area contributed by atoms with Gasteiger partial charge in [-0.25, -0.2) is 0 Å². The Morgan fingerprint density at radius 1 is 0.878 bits per heavy atom. The summed E-state index contributed by atoms with van der Waals surface area (Å²) in [6, 6.07) is 25.8. The summed E-state index contributed by atoms with van der Waals surface area (Å²) in [5.74, 6) is 0. The number of allylic oxidation sites excluding steroid dienone is 8. The van der Waals surface area contributed by atoms with Gasteiger partial charge >= 0.3 is 0 Å². The summed E-state index contributed by atoms with van der Waals surface area (Å²) >= 11 is 0. The van der Waals surface area contributed by atoms with Crippen molar-refractivity contribution in [3.8, 4) is 16.9 Å². The zero-order valence-electron chi connectivity index (χ0n) is 28.3. The van der Waals surface area contributed by atoms with Crippen LogP contribution in [0, 0.1) is 19.3 Å². The number of dihydropyridines is 2. The van der Waals surface area contributed by atoms with Crippen molar-refractivity contribution < 1.29 is 0 Å². The number of aromatic nitrogens is 1. The maximum Gasteiger partial charge on any atom is 0.0572 e. The van der Waals surface area contributed by atoms with Crippen molar-refractivity contribution in [2.45, 2.75) is 13.8 Å². The first-order valence-corrected chi connectivity index (χ1v) is 16.5. The third-order valence-corrected chi connectivity index (χ3v) is 9.22. The average molecular weight is 639 g/mol. The first-order valence-electron chi connectivity index (χ1n) is 16.5. The second-order valence-electron chi connectivity index (χ2n) is 12.1. The topological polar surface area (TPSA) is 52.8 Å². The molecule has 4 aromatic rings. The molecule has 2 aliphatic heterocycles. The summed E-state index contributed by atoms with van der Waals surface area (Å²) in [6.45, 7) is 18.1. The first kappa shape index (κ1) is 32.8. The van der Waals surface area contributed by atoms with E-state index in [1.165, 1.54) is 28.5 Å². The van der Waals surface area contributed by atoms with Gasteiger partial charge in [0.25, 0.3) is 0 Å². The number of rotatable bonds is 11. The predicted molar refractivity (Wildman–Crippen MR) is 212 cm³/mol. The number of nitrogens with zero attached hydrogens (tertiary/aromatic N) is 1. The van der Waals surface area contributed by atoms with Crippen LogP contribution in [0.3, 0.4) is 0 Å². The van der Waals surface area contributed by atoms with E-state index in [2.05, 4.69) is 152 Å². The Kier molecular flexibility index (Phi) is 9.87. The second kappa shape index (κ2) is 14.7. The van der Waals surface area contributed by atoms with Gasteiger partial charge in [0.15, 0.2) is 0 Å². The summed E-state index contributed by atoms with van der Waals surface area (Å²) < 4.78 is 2.37. The highest BCUT2D eigenvalue weighted by Crippen LogP contribution is 2.39. The summed E-state index contributed by atoms with van der Waals surface area (Å²) in [5, 5.41) is 14.6. The third-order valence-electron chi connectivity index (χ3n) is 9.22. The minimum Gasteiger partial charge on any atom is -0.387 e. The van der Waals surface area contributed by atoms with E-state index >= 15 is 0 Å². The van der Waals surface area contributed by atoms with Crippen LogP contribution in [0.25, 0.3) is 45.9 Å². The van der Waals surface area contributed by atoms with E-state index in [1.54, 1.807) is 6.08 Å². The molecular formula is C45H42N4. The molecule has 0 spiro atoms. The largest absolute Gasteiger partial charge is 0.387 e. The molecule has 6 rings (SSSR count). The Morgan fingerprint density at radius 2 is 1.71 bits per heavy atom. The molecule has 0 radical (unpaired) electrons. The molecule has 0 amide bonds. The van der Waals surface area contributed by atoms with Crippen LogP contribution in [-0.2, 0) is 0 Å². The zero-order chi connectivity index (χ0) is 34.3. The Bertz CT molecular complexity index is 2140. The Morgan fingerprint density at radius 3 is 2.39 bits per heavy atom. The molecule has 0 atom stereocenters. The first-order chi connectivity index (χ1) is 24.0. The van der Waals surface area contributed by atoms with Gasteiger partial charge in [0.2, 0.25) is 0 Å². The van der Waals surface area contributed by atoms with Crippen molar-refractivity contribution in [1.82, 2.24) is 15.2 Å². The number of nitrogens with one attached hydrogen (secondary N) is 3. The Balaban J connectivity index is 1.47. The van der Waals surface area contributed by atoms with Gasteiger partial charge in [-0.15, -0.1) is 0 Å². The molecule has 3 heterocycles. The summed E-state index contributed by atoms with van der Waals surface area (Å²) in [4.78, 5) is 0. The minimum atomic E-state index is 0.636. The second-order valence-corrected chi connectivity index (χ2v) is 12.1. The van der Waals surface area contributed by atoms with Gasteiger partial charge in [0, 0.05) is 36.3 Å². The molecule has 2 aliphatic rings. The number of hydrogen-bond acceptors (Lipinski definition) is 3. The van der Waals surface area contributed by atoms with Crippen molar-refractivity contribution in [3.05, 3.63) is 191 Å². The lowest BCUT2D eigenvalue weighted by Gasteiger charge is -2.20. The fraction of sp³-hybridized carbons (Fsp3) is 0.0889. The maximum absolute atomic E-state index is 7.77. The molecule has 0 aliphatic carbocycles. The molecule has 3 N–H and O–H groups in total. The summed E-state index contributed by atoms with van der Waals surface area (Å²) in [7, 11) is 0. The summed E-state index contributed by atoms with van der Waals surface area (Å²) in [5.41, 5.74) is 16.5. The van der Waals surface area contributed by atoms with E-state index in [0.29, 0.717) is 6.54 Å². The van der Waals surface area contributed by atoms with E-state index in [1.807, 2.05) is 24.4 Å². The van der Waals surface area contributed by atoms with Gasteiger partial charge in [0.1, 0.15) is 0 Å². The molecule has 0 saturated carbocycles. The van der Waals surface area contributed by atoms with Crippen LogP contribution in [0.4, 0.5) is 0 Å². The summed E-state index contributed by atoms with van der Waals surface area (Å²) in [6.07, 6.45) is 21.6. The molecule has 242 valence electrons. The van der Waals surface area contributed by atoms with E-state index in [9.17, 15) is 0 Å². The quantitative estimate of drug-likeness (QED) is 0.113. The molecule has 1 aromatic heterocycles. The normalized spacial score (nSPS) is 14.5. The molecule has 0 bridgehead atoms. The van der Waals surface area contributed by atoms with Gasteiger partial charge in [0.05, 0.1) is 11.4 Å². The van der Waals surface area contributed by atoms with Crippen LogP contribution in [0.2, 0.25) is 0 Å². The molecule has 4 heteroatoms. The molecule has 0 fully saturated rings. The van der Waals surface area contributed by atoms with Gasteiger partial charge in [-0.2, -0.15) is 0 Å². The van der Waals surface area contributed by atoms with Crippen LogP contribution >= 0.6 is 0 Å². The molecule has 4 nitrogen and oxygen atoms in total. The van der Waals surface area contributed by atoms with Crippen LogP contribution in [0.1, 0.15) is 39.1 Å². The van der Waals surface area contributed by atoms with E-state index < -0.39 is 0 Å². The number of hydrogen-bond donors (Lipinski definition) is 3. The SMILES string of the molecule is C=C/C=C(\C=N)C1=CC=C(c2ccc(-c3c(C)c(C)c(/C=C(\C=C)c4cccc(C5=CCNC=C5)c4)n3-c3ccccc3)c(C=C)c2)NC1. The van der Waals surface area contributed by atoms with Crippen molar-refractivity contribution in [1.29, 1.82) is 5.41 Å². The fourth-order valence-electron chi connectivity index (χ4n) is 6.50. The average Bonchev–Trinajstić information content (AvgIpc) is 3.41. The van der Waals surface area contributed by atoms with Crippen LogP contribution in [-0.4, -0.2) is 23.9 Å². The van der Waals surface area contributed by atoms with E-state index in [0.717, 1.165) is 68.3 Å². The van der Waals surface area contributed by atoms with Crippen molar-refractivity contribution in [3.63, 3.8) is 0 Å². The van der Waals surface area contributed by atoms with Crippen molar-refractivity contribution >= 4 is 35.2 Å². The predicted octanol–water partition coefficient (Wildman–Crippen LogP) is 10.3. The molecule has 49 heavy (non-hydrogen) atoms. The minimum absolute atomic E-state index is 0.636. The monoisotopic (exact) mass is 638 g/mol. The van der Waals surface area contributed by atoms with E-state index in [4.69, 9.17) is 5.41 Å². The highest BCUT2D eigenvalue weighted by atomic mass is 15.0. The van der Waals surface area contributed by atoms with Crippen LogP contribution < -0.4 is 10.6 Å². The highest BCUT2D eigenvalue weighted by molar-refractivity contribution is 5.91. The van der Waals surface area contributed by atoms with Gasteiger partial charge in [-0.1, -0.05) is 105 Å². The molecule has 3 aromatic carbocycles. The van der Waals surface area contributed by atoms with Crippen molar-refractivity contribution in [2.24, 2.45) is 0 Å². The lowest BCUT2D eigenvalue weighted by molar-refractivity contribution is 0.957. The molecule has 0 unspecified atom stereocenters. The van der Waals surface area contributed by atoms with Crippen LogP contribution in [0.15, 0.2) is 152 Å². The highest BCUT2D eigenvalue weighted by Gasteiger charge is 2.22. The Labute approximate surface area is 290 Å². The lowest BCUT2D eigenvalue weighted by Crippen LogP contribution is -2.20. The number of para-hydroxylation sites is 1. The standard InChI is InChI=1S/C45H42N4/c1-6-13-39(29-46)40-19-21-43(48-30-40)38-18-20-42(34(8-3)26-38)45-32(5)31(4)44(49(45)41-16-10-9-11-17-41)28-33(7-2)36-14-12-15-37(27-36)35-22-24-47-25-23-35/h6-24,26-29,46-48H,1-3,25,30H2,4-5H3/b33-28+,39-13+,46-29?. The smallest absolute Gasteiger partial charge is 0.0572 e. The van der Waals surface area contributed by atoms with Gasteiger partial charge < -0.3 is 20.6 Å². The lowest BCUT2D eigenvalue weighted by atomic mass is 9.95.